The Morgan fingerprint density at radius 1 is 1.25 bits per heavy atom. The van der Waals surface area contributed by atoms with Crippen LogP contribution in [0.2, 0.25) is 0 Å². The molecule has 1 saturated carbocycles. The van der Waals surface area contributed by atoms with Crippen molar-refractivity contribution >= 4 is 0 Å². The molecule has 1 atom stereocenters. The lowest BCUT2D eigenvalue weighted by atomic mass is 10.1. The third kappa shape index (κ3) is 5.09. The van der Waals surface area contributed by atoms with Crippen molar-refractivity contribution < 1.29 is 22.3 Å². The molecule has 1 fully saturated rings. The molecule has 1 N–H and O–H groups in total. The van der Waals surface area contributed by atoms with Crippen molar-refractivity contribution in [3.05, 3.63) is 35.6 Å². The lowest BCUT2D eigenvalue weighted by Gasteiger charge is -2.20. The van der Waals surface area contributed by atoms with E-state index in [1.54, 1.807) is 18.2 Å². The number of rotatable bonds is 7. The summed E-state index contributed by atoms with van der Waals surface area (Å²) in [5.74, 6) is -0.456. The topological polar surface area (TPSA) is 21.3 Å². The van der Waals surface area contributed by atoms with Crippen LogP contribution < -0.4 is 5.32 Å². The largest absolute Gasteiger partial charge is 0.391 e. The smallest absolute Gasteiger partial charge is 0.372 e. The van der Waals surface area contributed by atoms with Gasteiger partial charge in [0.05, 0.1) is 19.1 Å². The van der Waals surface area contributed by atoms with E-state index >= 15 is 0 Å². The molecular formula is C14H17F4NO. The molecule has 2 nitrogen and oxygen atoms in total. The molecule has 1 unspecified atom stereocenters. The Labute approximate surface area is 115 Å². The van der Waals surface area contributed by atoms with Gasteiger partial charge in [0.1, 0.15) is 5.82 Å². The summed E-state index contributed by atoms with van der Waals surface area (Å²) < 4.78 is 55.4. The maximum Gasteiger partial charge on any atom is 0.391 e. The van der Waals surface area contributed by atoms with E-state index in [1.807, 2.05) is 0 Å². The molecule has 0 saturated heterocycles. The van der Waals surface area contributed by atoms with Gasteiger partial charge in [-0.15, -0.1) is 0 Å². The first-order valence-electron chi connectivity index (χ1n) is 6.62. The fourth-order valence-corrected chi connectivity index (χ4v) is 1.87. The van der Waals surface area contributed by atoms with E-state index in [1.165, 1.54) is 6.07 Å². The molecule has 0 heterocycles. The van der Waals surface area contributed by atoms with Crippen LogP contribution in [0.3, 0.4) is 0 Å². The maximum absolute atomic E-state index is 13.7. The molecular weight excluding hydrogens is 274 g/mol. The predicted molar refractivity (Wildman–Crippen MR) is 66.8 cm³/mol. The molecule has 0 spiro atoms. The first-order chi connectivity index (χ1) is 9.46. The van der Waals surface area contributed by atoms with E-state index < -0.39 is 31.1 Å². The quantitative estimate of drug-likeness (QED) is 0.775. The monoisotopic (exact) mass is 291 g/mol. The van der Waals surface area contributed by atoms with Gasteiger partial charge in [-0.25, -0.2) is 4.39 Å². The SMILES string of the molecule is Fc1ccccc1C(CNC1CC1)OCCC(F)(F)F. The molecule has 0 aliphatic heterocycles. The zero-order valence-electron chi connectivity index (χ0n) is 10.9. The summed E-state index contributed by atoms with van der Waals surface area (Å²) in [5.41, 5.74) is 0.294. The molecule has 1 aromatic carbocycles. The van der Waals surface area contributed by atoms with Gasteiger partial charge < -0.3 is 10.1 Å². The maximum atomic E-state index is 13.7. The molecule has 0 amide bonds. The fraction of sp³-hybridized carbons (Fsp3) is 0.571. The van der Waals surface area contributed by atoms with Gasteiger partial charge in [0, 0.05) is 18.2 Å². The van der Waals surface area contributed by atoms with Crippen molar-refractivity contribution in [3.8, 4) is 0 Å². The highest BCUT2D eigenvalue weighted by Gasteiger charge is 2.28. The molecule has 112 valence electrons. The molecule has 1 aliphatic rings. The van der Waals surface area contributed by atoms with Crippen molar-refractivity contribution in [1.29, 1.82) is 0 Å². The van der Waals surface area contributed by atoms with Crippen molar-refractivity contribution in [2.45, 2.75) is 37.6 Å². The number of alkyl halides is 3. The van der Waals surface area contributed by atoms with Gasteiger partial charge in [-0.3, -0.25) is 0 Å². The Morgan fingerprint density at radius 2 is 1.95 bits per heavy atom. The van der Waals surface area contributed by atoms with Crippen LogP contribution in [0.25, 0.3) is 0 Å². The predicted octanol–water partition coefficient (Wildman–Crippen LogP) is 3.59. The highest BCUT2D eigenvalue weighted by Crippen LogP contribution is 2.25. The third-order valence-electron chi connectivity index (χ3n) is 3.13. The number of benzene rings is 1. The zero-order valence-corrected chi connectivity index (χ0v) is 10.9. The first-order valence-corrected chi connectivity index (χ1v) is 6.62. The highest BCUT2D eigenvalue weighted by molar-refractivity contribution is 5.20. The van der Waals surface area contributed by atoms with Crippen LogP contribution in [0, 0.1) is 5.82 Å². The summed E-state index contributed by atoms with van der Waals surface area (Å²) in [6.07, 6.45) is -3.89. The molecule has 0 bridgehead atoms. The zero-order chi connectivity index (χ0) is 14.6. The van der Waals surface area contributed by atoms with Gasteiger partial charge in [-0.2, -0.15) is 13.2 Å². The van der Waals surface area contributed by atoms with Crippen LogP contribution in [0.5, 0.6) is 0 Å². The molecule has 6 heteroatoms. The Morgan fingerprint density at radius 3 is 2.55 bits per heavy atom. The molecule has 1 aliphatic carbocycles. The molecule has 1 aromatic rings. The molecule has 0 radical (unpaired) electrons. The summed E-state index contributed by atoms with van der Waals surface area (Å²) in [6.45, 7) is -0.141. The highest BCUT2D eigenvalue weighted by atomic mass is 19.4. The van der Waals surface area contributed by atoms with Crippen LogP contribution in [-0.4, -0.2) is 25.4 Å². The number of hydrogen-bond donors (Lipinski definition) is 1. The van der Waals surface area contributed by atoms with E-state index in [9.17, 15) is 17.6 Å². The Balaban J connectivity index is 1.94. The molecule has 2 rings (SSSR count). The van der Waals surface area contributed by atoms with E-state index in [0.29, 0.717) is 18.2 Å². The first kappa shape index (κ1) is 15.3. The minimum atomic E-state index is -4.26. The van der Waals surface area contributed by atoms with Crippen molar-refractivity contribution in [2.75, 3.05) is 13.2 Å². The second kappa shape index (κ2) is 6.54. The van der Waals surface area contributed by atoms with Gasteiger partial charge >= 0.3 is 6.18 Å². The molecule has 0 aromatic heterocycles. The standard InChI is InChI=1S/C14H17F4NO/c15-12-4-2-1-3-11(12)13(9-19-10-5-6-10)20-8-7-14(16,17)18/h1-4,10,13,19H,5-9H2. The fourth-order valence-electron chi connectivity index (χ4n) is 1.87. The van der Waals surface area contributed by atoms with Crippen LogP contribution >= 0.6 is 0 Å². The Bertz CT molecular complexity index is 431. The number of hydrogen-bond acceptors (Lipinski definition) is 2. The van der Waals surface area contributed by atoms with Gasteiger partial charge in [0.25, 0.3) is 0 Å². The second-order valence-electron chi connectivity index (χ2n) is 4.93. The normalized spacial score (nSPS) is 17.2. The number of ether oxygens (including phenoxy) is 1. The Hall–Kier alpha value is -1.14. The van der Waals surface area contributed by atoms with Gasteiger partial charge in [0.2, 0.25) is 0 Å². The van der Waals surface area contributed by atoms with Gasteiger partial charge in [0.15, 0.2) is 0 Å². The van der Waals surface area contributed by atoms with Crippen LogP contribution in [-0.2, 0) is 4.74 Å². The molecule has 20 heavy (non-hydrogen) atoms. The van der Waals surface area contributed by atoms with Gasteiger partial charge in [-0.05, 0) is 18.9 Å². The van der Waals surface area contributed by atoms with Crippen molar-refractivity contribution in [1.82, 2.24) is 5.32 Å². The van der Waals surface area contributed by atoms with Crippen molar-refractivity contribution in [2.24, 2.45) is 0 Å². The lowest BCUT2D eigenvalue weighted by Crippen LogP contribution is -2.26. The number of nitrogens with one attached hydrogen (secondary N) is 1. The van der Waals surface area contributed by atoms with Gasteiger partial charge in [-0.1, -0.05) is 18.2 Å². The van der Waals surface area contributed by atoms with Crippen LogP contribution in [0.4, 0.5) is 17.6 Å². The van der Waals surface area contributed by atoms with Crippen LogP contribution in [0.15, 0.2) is 24.3 Å². The summed E-state index contributed by atoms with van der Waals surface area (Å²) >= 11 is 0. The Kier molecular flexibility index (Phi) is 4.99. The summed E-state index contributed by atoms with van der Waals surface area (Å²) in [7, 11) is 0. The summed E-state index contributed by atoms with van der Waals surface area (Å²) in [6, 6.07) is 6.40. The summed E-state index contributed by atoms with van der Waals surface area (Å²) in [4.78, 5) is 0. The average molecular weight is 291 g/mol. The van der Waals surface area contributed by atoms with E-state index in [2.05, 4.69) is 5.32 Å². The second-order valence-corrected chi connectivity index (χ2v) is 4.93. The minimum absolute atomic E-state index is 0.294. The lowest BCUT2D eigenvalue weighted by molar-refractivity contribution is -0.149. The van der Waals surface area contributed by atoms with Crippen LogP contribution in [0.1, 0.15) is 30.9 Å². The number of halogens is 4. The van der Waals surface area contributed by atoms with E-state index in [0.717, 1.165) is 12.8 Å². The third-order valence-corrected chi connectivity index (χ3v) is 3.13. The average Bonchev–Trinajstić information content (AvgIpc) is 3.17. The van der Waals surface area contributed by atoms with E-state index in [-0.39, 0.29) is 0 Å². The summed E-state index contributed by atoms with van der Waals surface area (Å²) in [5, 5.41) is 3.16. The van der Waals surface area contributed by atoms with E-state index in [4.69, 9.17) is 4.74 Å². The van der Waals surface area contributed by atoms with Crippen molar-refractivity contribution in [3.63, 3.8) is 0 Å². The minimum Gasteiger partial charge on any atom is -0.372 e.